The number of carboxylic acid groups (broad SMARTS) is 1. The first-order chi connectivity index (χ1) is 8.68. The van der Waals surface area contributed by atoms with E-state index >= 15 is 0 Å². The molecular weight excluding hydrogens is 292 g/mol. The third-order valence-electron chi connectivity index (χ3n) is 3.06. The van der Waals surface area contributed by atoms with Crippen LogP contribution in [-0.4, -0.2) is 11.1 Å². The van der Waals surface area contributed by atoms with Crippen LogP contribution in [0.1, 0.15) is 10.4 Å². The second-order valence-corrected chi connectivity index (χ2v) is 4.97. The lowest BCUT2D eigenvalue weighted by Crippen LogP contribution is -1.97. The van der Waals surface area contributed by atoms with E-state index in [0.29, 0.717) is 5.56 Å². The van der Waals surface area contributed by atoms with Crippen LogP contribution in [0.25, 0.3) is 21.5 Å². The number of halogens is 1. The van der Waals surface area contributed by atoms with Crippen LogP contribution in [0.3, 0.4) is 0 Å². The smallest absolute Gasteiger partial charge is 0.336 e. The molecule has 0 bridgehead atoms. The third kappa shape index (κ3) is 1.59. The lowest BCUT2D eigenvalue weighted by Gasteiger charge is -2.09. The Morgan fingerprint density at radius 3 is 2.50 bits per heavy atom. The number of hydrogen-bond acceptors (Lipinski definition) is 1. The Labute approximate surface area is 112 Å². The van der Waals surface area contributed by atoms with E-state index in [9.17, 15) is 9.90 Å². The number of benzene rings is 3. The summed E-state index contributed by atoms with van der Waals surface area (Å²) in [4.78, 5) is 11.4. The first-order valence-electron chi connectivity index (χ1n) is 5.52. The number of rotatable bonds is 1. The molecule has 0 aliphatic carbocycles. The molecule has 0 spiro atoms. The monoisotopic (exact) mass is 300 g/mol. The van der Waals surface area contributed by atoms with Crippen molar-refractivity contribution in [3.05, 3.63) is 58.6 Å². The van der Waals surface area contributed by atoms with Crippen LogP contribution in [0.4, 0.5) is 0 Å². The Morgan fingerprint density at radius 1 is 1.00 bits per heavy atom. The van der Waals surface area contributed by atoms with Gasteiger partial charge >= 0.3 is 5.97 Å². The van der Waals surface area contributed by atoms with Gasteiger partial charge in [0, 0.05) is 9.86 Å². The van der Waals surface area contributed by atoms with Crippen LogP contribution < -0.4 is 0 Å². The molecule has 0 heterocycles. The second-order valence-electron chi connectivity index (χ2n) is 4.11. The van der Waals surface area contributed by atoms with E-state index in [1.807, 2.05) is 36.4 Å². The number of aromatic carboxylic acids is 1. The number of carbonyl (C=O) groups is 1. The van der Waals surface area contributed by atoms with E-state index in [1.54, 1.807) is 12.1 Å². The van der Waals surface area contributed by atoms with Gasteiger partial charge in [0.2, 0.25) is 0 Å². The predicted molar refractivity (Wildman–Crippen MR) is 76.1 cm³/mol. The summed E-state index contributed by atoms with van der Waals surface area (Å²) < 4.78 is 0.916. The molecule has 88 valence electrons. The van der Waals surface area contributed by atoms with Crippen LogP contribution in [0.15, 0.2) is 53.0 Å². The average Bonchev–Trinajstić information content (AvgIpc) is 2.38. The fourth-order valence-corrected chi connectivity index (χ4v) is 2.86. The summed E-state index contributed by atoms with van der Waals surface area (Å²) in [6.07, 6.45) is 0. The minimum Gasteiger partial charge on any atom is -0.478 e. The summed E-state index contributed by atoms with van der Waals surface area (Å²) in [5.41, 5.74) is 0.338. The molecule has 0 aromatic heterocycles. The van der Waals surface area contributed by atoms with Gasteiger partial charge in [-0.05, 0) is 28.3 Å². The van der Waals surface area contributed by atoms with E-state index < -0.39 is 5.97 Å². The molecular formula is C15H9BrO2. The highest BCUT2D eigenvalue weighted by Crippen LogP contribution is 2.33. The minimum absolute atomic E-state index is 0.338. The van der Waals surface area contributed by atoms with Crippen molar-refractivity contribution in [1.82, 2.24) is 0 Å². The molecule has 0 radical (unpaired) electrons. The van der Waals surface area contributed by atoms with E-state index in [1.165, 1.54) is 0 Å². The fraction of sp³-hybridized carbons (Fsp3) is 0. The van der Waals surface area contributed by atoms with Gasteiger partial charge in [-0.25, -0.2) is 4.79 Å². The summed E-state index contributed by atoms with van der Waals surface area (Å²) in [6, 6.07) is 15.2. The van der Waals surface area contributed by atoms with E-state index in [-0.39, 0.29) is 0 Å². The molecule has 0 atom stereocenters. The van der Waals surface area contributed by atoms with Crippen molar-refractivity contribution in [2.24, 2.45) is 0 Å². The highest BCUT2D eigenvalue weighted by atomic mass is 79.9. The molecule has 2 nitrogen and oxygen atoms in total. The van der Waals surface area contributed by atoms with Gasteiger partial charge < -0.3 is 5.11 Å². The van der Waals surface area contributed by atoms with Gasteiger partial charge in [-0.3, -0.25) is 0 Å². The zero-order valence-corrected chi connectivity index (χ0v) is 10.9. The predicted octanol–water partition coefficient (Wildman–Crippen LogP) is 4.45. The topological polar surface area (TPSA) is 37.3 Å². The van der Waals surface area contributed by atoms with E-state index in [4.69, 9.17) is 0 Å². The Balaban J connectivity index is 2.64. The lowest BCUT2D eigenvalue weighted by molar-refractivity contribution is 0.0699. The van der Waals surface area contributed by atoms with Crippen LogP contribution in [0, 0.1) is 0 Å². The molecule has 0 fully saturated rings. The number of hydrogen-bond donors (Lipinski definition) is 1. The molecule has 0 aliphatic rings. The highest BCUT2D eigenvalue weighted by molar-refractivity contribution is 9.10. The molecule has 3 aromatic carbocycles. The van der Waals surface area contributed by atoms with Gasteiger partial charge in [0.1, 0.15) is 0 Å². The maximum absolute atomic E-state index is 11.4. The van der Waals surface area contributed by atoms with Crippen molar-refractivity contribution in [2.45, 2.75) is 0 Å². The molecule has 1 N–H and O–H groups in total. The largest absolute Gasteiger partial charge is 0.478 e. The summed E-state index contributed by atoms with van der Waals surface area (Å²) in [5.74, 6) is -0.899. The van der Waals surface area contributed by atoms with Gasteiger partial charge in [-0.1, -0.05) is 52.3 Å². The van der Waals surface area contributed by atoms with E-state index in [2.05, 4.69) is 15.9 Å². The summed E-state index contributed by atoms with van der Waals surface area (Å²) in [5, 5.41) is 13.0. The lowest BCUT2D eigenvalue weighted by atomic mass is 9.98. The third-order valence-corrected chi connectivity index (χ3v) is 3.72. The van der Waals surface area contributed by atoms with Gasteiger partial charge in [-0.2, -0.15) is 0 Å². The van der Waals surface area contributed by atoms with Gasteiger partial charge in [0.25, 0.3) is 0 Å². The van der Waals surface area contributed by atoms with Crippen molar-refractivity contribution in [1.29, 1.82) is 0 Å². The van der Waals surface area contributed by atoms with Gasteiger partial charge in [-0.15, -0.1) is 0 Å². The molecule has 3 heteroatoms. The summed E-state index contributed by atoms with van der Waals surface area (Å²) >= 11 is 3.51. The molecule has 0 unspecified atom stereocenters. The van der Waals surface area contributed by atoms with Crippen molar-refractivity contribution in [3.8, 4) is 0 Å². The fourth-order valence-electron chi connectivity index (χ4n) is 2.28. The standard InChI is InChI=1S/C15H9BrO2/c16-13-8-9-4-1-2-5-10(9)14-11(13)6-3-7-12(14)15(17)18/h1-8H,(H,17,18). The first kappa shape index (κ1) is 11.2. The minimum atomic E-state index is -0.899. The van der Waals surface area contributed by atoms with Crippen molar-refractivity contribution in [2.75, 3.05) is 0 Å². The Hall–Kier alpha value is -1.87. The maximum atomic E-state index is 11.4. The van der Waals surface area contributed by atoms with Crippen molar-refractivity contribution >= 4 is 43.4 Å². The Kier molecular flexibility index (Phi) is 2.56. The van der Waals surface area contributed by atoms with Crippen LogP contribution in [0.2, 0.25) is 0 Å². The van der Waals surface area contributed by atoms with Crippen LogP contribution in [0.5, 0.6) is 0 Å². The Morgan fingerprint density at radius 2 is 1.72 bits per heavy atom. The normalized spacial score (nSPS) is 10.9. The highest BCUT2D eigenvalue weighted by Gasteiger charge is 2.12. The molecule has 0 saturated carbocycles. The van der Waals surface area contributed by atoms with Gasteiger partial charge in [0.05, 0.1) is 5.56 Å². The first-order valence-corrected chi connectivity index (χ1v) is 6.31. The SMILES string of the molecule is O=C(O)c1cccc2c(Br)cc3ccccc3c12. The number of fused-ring (bicyclic) bond motifs is 3. The Bertz CT molecular complexity index is 778. The molecule has 3 rings (SSSR count). The molecule has 0 aliphatic heterocycles. The zero-order chi connectivity index (χ0) is 12.7. The van der Waals surface area contributed by atoms with E-state index in [0.717, 1.165) is 26.0 Å². The second kappa shape index (κ2) is 4.10. The molecule has 3 aromatic rings. The van der Waals surface area contributed by atoms with Crippen LogP contribution in [-0.2, 0) is 0 Å². The molecule has 0 amide bonds. The summed E-state index contributed by atoms with van der Waals surface area (Å²) in [6.45, 7) is 0. The van der Waals surface area contributed by atoms with Crippen molar-refractivity contribution < 1.29 is 9.90 Å². The molecule has 0 saturated heterocycles. The number of carboxylic acids is 1. The molecule has 18 heavy (non-hydrogen) atoms. The van der Waals surface area contributed by atoms with Gasteiger partial charge in [0.15, 0.2) is 0 Å². The van der Waals surface area contributed by atoms with Crippen LogP contribution >= 0.6 is 15.9 Å². The average molecular weight is 301 g/mol. The zero-order valence-electron chi connectivity index (χ0n) is 9.35. The summed E-state index contributed by atoms with van der Waals surface area (Å²) in [7, 11) is 0. The van der Waals surface area contributed by atoms with Crippen molar-refractivity contribution in [3.63, 3.8) is 0 Å². The quantitative estimate of drug-likeness (QED) is 0.674. The maximum Gasteiger partial charge on any atom is 0.336 e.